The van der Waals surface area contributed by atoms with E-state index in [-0.39, 0.29) is 22.5 Å². The van der Waals surface area contributed by atoms with Crippen molar-refractivity contribution < 1.29 is 8.42 Å². The van der Waals surface area contributed by atoms with Crippen LogP contribution in [0.25, 0.3) is 0 Å². The Labute approximate surface area is 129 Å². The van der Waals surface area contributed by atoms with Gasteiger partial charge in [-0.05, 0) is 37.3 Å². The fraction of sp³-hybridized carbons (Fsp3) is 0.647. The van der Waals surface area contributed by atoms with Crippen LogP contribution in [0.1, 0.15) is 44.7 Å². The molecule has 0 amide bonds. The van der Waals surface area contributed by atoms with Gasteiger partial charge in [-0.3, -0.25) is 0 Å². The zero-order valence-corrected chi connectivity index (χ0v) is 14.3. The minimum atomic E-state index is -3.13. The molecule has 0 aliphatic heterocycles. The maximum atomic E-state index is 12.8. The molecule has 3 nitrogen and oxygen atoms in total. The van der Waals surface area contributed by atoms with E-state index < -0.39 is 9.84 Å². The van der Waals surface area contributed by atoms with E-state index in [0.29, 0.717) is 0 Å². The van der Waals surface area contributed by atoms with Crippen LogP contribution in [0.3, 0.4) is 0 Å². The highest BCUT2D eigenvalue weighted by molar-refractivity contribution is 7.91. The van der Waals surface area contributed by atoms with Crippen LogP contribution in [-0.4, -0.2) is 26.3 Å². The molecule has 1 aliphatic carbocycles. The second-order valence-electron chi connectivity index (χ2n) is 6.90. The van der Waals surface area contributed by atoms with Gasteiger partial charge < -0.3 is 5.32 Å². The molecule has 0 aromatic heterocycles. The summed E-state index contributed by atoms with van der Waals surface area (Å²) in [6, 6.07) is 7.86. The Balaban J connectivity index is 2.23. The van der Waals surface area contributed by atoms with Crippen LogP contribution in [0.15, 0.2) is 24.3 Å². The van der Waals surface area contributed by atoms with Gasteiger partial charge in [0.1, 0.15) is 0 Å². The number of hydrogen-bond acceptors (Lipinski definition) is 3. The first-order chi connectivity index (χ1) is 9.76. The fourth-order valence-electron chi connectivity index (χ4n) is 3.50. The highest BCUT2D eigenvalue weighted by Crippen LogP contribution is 2.41. The van der Waals surface area contributed by atoms with Crippen molar-refractivity contribution in [3.63, 3.8) is 0 Å². The summed E-state index contributed by atoms with van der Waals surface area (Å²) in [7, 11) is -3.13. The van der Waals surface area contributed by atoms with Crippen LogP contribution in [0.5, 0.6) is 0 Å². The number of rotatable bonds is 5. The molecule has 1 aromatic carbocycles. The Bertz CT molecular complexity index is 593. The normalized spacial score (nSPS) is 25.1. The summed E-state index contributed by atoms with van der Waals surface area (Å²) in [4.78, 5) is 0. The molecule has 1 aliphatic rings. The molecule has 21 heavy (non-hydrogen) atoms. The van der Waals surface area contributed by atoms with Crippen molar-refractivity contribution in [2.75, 3.05) is 6.54 Å². The van der Waals surface area contributed by atoms with Gasteiger partial charge in [0.15, 0.2) is 9.84 Å². The Morgan fingerprint density at radius 1 is 1.33 bits per heavy atom. The number of nitrogens with one attached hydrogen (secondary N) is 1. The third kappa shape index (κ3) is 3.67. The van der Waals surface area contributed by atoms with Crippen molar-refractivity contribution in [3.05, 3.63) is 35.4 Å². The van der Waals surface area contributed by atoms with Gasteiger partial charge >= 0.3 is 0 Å². The van der Waals surface area contributed by atoms with Crippen LogP contribution in [0, 0.1) is 12.3 Å². The summed E-state index contributed by atoms with van der Waals surface area (Å²) < 4.78 is 25.7. The van der Waals surface area contributed by atoms with Crippen LogP contribution < -0.4 is 5.32 Å². The minimum Gasteiger partial charge on any atom is -0.312 e. The van der Waals surface area contributed by atoms with Gasteiger partial charge in [-0.1, -0.05) is 50.6 Å². The number of aryl methyl sites for hydroxylation is 1. The summed E-state index contributed by atoms with van der Waals surface area (Å²) in [5, 5.41) is 3.14. The Hall–Kier alpha value is -0.870. The minimum absolute atomic E-state index is 0.0420. The van der Waals surface area contributed by atoms with Crippen molar-refractivity contribution in [3.8, 4) is 0 Å². The maximum absolute atomic E-state index is 12.8. The molecule has 2 unspecified atom stereocenters. The first-order valence-corrected chi connectivity index (χ1v) is 9.48. The first-order valence-electron chi connectivity index (χ1n) is 7.77. The summed E-state index contributed by atoms with van der Waals surface area (Å²) in [5.74, 6) is 0.150. The summed E-state index contributed by atoms with van der Waals surface area (Å²) in [6.07, 6.45) is 1.72. The molecule has 1 fully saturated rings. The number of hydrogen-bond donors (Lipinski definition) is 1. The SMILES string of the molecule is CCNC1C(S(=O)(=O)Cc2cccc(C)c2)CCC1(C)C. The summed E-state index contributed by atoms with van der Waals surface area (Å²) in [6.45, 7) is 9.18. The van der Waals surface area contributed by atoms with Crippen molar-refractivity contribution in [1.29, 1.82) is 0 Å². The van der Waals surface area contributed by atoms with Crippen LogP contribution in [0.2, 0.25) is 0 Å². The second kappa shape index (κ2) is 6.09. The summed E-state index contributed by atoms with van der Waals surface area (Å²) >= 11 is 0. The van der Waals surface area contributed by atoms with Crippen molar-refractivity contribution in [1.82, 2.24) is 5.32 Å². The molecule has 0 radical (unpaired) electrons. The molecule has 0 bridgehead atoms. The van der Waals surface area contributed by atoms with Crippen LogP contribution >= 0.6 is 0 Å². The standard InChI is InChI=1S/C17H27NO2S/c1-5-18-16-15(9-10-17(16,3)4)21(19,20)12-14-8-6-7-13(2)11-14/h6-8,11,15-16,18H,5,9-10,12H2,1-4H3. The van der Waals surface area contributed by atoms with Gasteiger partial charge in [0.2, 0.25) is 0 Å². The molecule has 0 saturated heterocycles. The zero-order valence-electron chi connectivity index (χ0n) is 13.5. The average Bonchev–Trinajstić information content (AvgIpc) is 2.66. The van der Waals surface area contributed by atoms with Gasteiger partial charge in [0.05, 0.1) is 11.0 Å². The van der Waals surface area contributed by atoms with Gasteiger partial charge in [-0.2, -0.15) is 0 Å². The van der Waals surface area contributed by atoms with Crippen molar-refractivity contribution >= 4 is 9.84 Å². The van der Waals surface area contributed by atoms with Crippen LogP contribution in [-0.2, 0) is 15.6 Å². The monoisotopic (exact) mass is 309 g/mol. The molecule has 4 heteroatoms. The zero-order chi connectivity index (χ0) is 15.7. The Kier molecular flexibility index (Phi) is 4.79. The molecule has 0 heterocycles. The van der Waals surface area contributed by atoms with E-state index in [0.717, 1.165) is 30.5 Å². The molecular weight excluding hydrogens is 282 g/mol. The smallest absolute Gasteiger partial charge is 0.158 e. The fourth-order valence-corrected chi connectivity index (χ4v) is 5.71. The van der Waals surface area contributed by atoms with Crippen LogP contribution in [0.4, 0.5) is 0 Å². The van der Waals surface area contributed by atoms with Crippen molar-refractivity contribution in [2.45, 2.75) is 57.6 Å². The lowest BCUT2D eigenvalue weighted by Gasteiger charge is -2.31. The van der Waals surface area contributed by atoms with E-state index in [9.17, 15) is 8.42 Å². The molecular formula is C17H27NO2S. The lowest BCUT2D eigenvalue weighted by atomic mass is 9.87. The Morgan fingerprint density at radius 2 is 2.05 bits per heavy atom. The molecule has 118 valence electrons. The molecule has 1 N–H and O–H groups in total. The van der Waals surface area contributed by atoms with Gasteiger partial charge in [0, 0.05) is 6.04 Å². The third-order valence-corrected chi connectivity index (χ3v) is 6.79. The van der Waals surface area contributed by atoms with Gasteiger partial charge in [0.25, 0.3) is 0 Å². The largest absolute Gasteiger partial charge is 0.312 e. The van der Waals surface area contributed by atoms with E-state index in [1.807, 2.05) is 38.1 Å². The lowest BCUT2D eigenvalue weighted by Crippen LogP contribution is -2.47. The van der Waals surface area contributed by atoms with Gasteiger partial charge in [-0.25, -0.2) is 8.42 Å². The molecule has 0 spiro atoms. The molecule has 2 rings (SSSR count). The van der Waals surface area contributed by atoms with E-state index in [4.69, 9.17) is 0 Å². The molecule has 2 atom stereocenters. The second-order valence-corrected chi connectivity index (χ2v) is 9.12. The van der Waals surface area contributed by atoms with E-state index >= 15 is 0 Å². The van der Waals surface area contributed by atoms with Crippen molar-refractivity contribution in [2.24, 2.45) is 5.41 Å². The van der Waals surface area contributed by atoms with E-state index in [1.165, 1.54) is 0 Å². The lowest BCUT2D eigenvalue weighted by molar-refractivity contribution is 0.288. The first kappa shape index (κ1) is 16.5. The maximum Gasteiger partial charge on any atom is 0.158 e. The number of sulfone groups is 1. The third-order valence-electron chi connectivity index (χ3n) is 4.62. The van der Waals surface area contributed by atoms with Gasteiger partial charge in [-0.15, -0.1) is 0 Å². The van der Waals surface area contributed by atoms with E-state index in [1.54, 1.807) is 0 Å². The highest BCUT2D eigenvalue weighted by atomic mass is 32.2. The summed E-state index contributed by atoms with van der Waals surface area (Å²) in [5.41, 5.74) is 2.05. The predicted octanol–water partition coefficient (Wildman–Crippen LogP) is 3.08. The highest BCUT2D eigenvalue weighted by Gasteiger charge is 2.47. The molecule has 1 aromatic rings. The number of benzene rings is 1. The quantitative estimate of drug-likeness (QED) is 0.909. The Morgan fingerprint density at radius 3 is 2.67 bits per heavy atom. The topological polar surface area (TPSA) is 46.2 Å². The predicted molar refractivity (Wildman–Crippen MR) is 88.1 cm³/mol. The average molecular weight is 309 g/mol. The van der Waals surface area contributed by atoms with E-state index in [2.05, 4.69) is 19.2 Å². The molecule has 1 saturated carbocycles.